The van der Waals surface area contributed by atoms with E-state index in [-0.39, 0.29) is 18.1 Å². The molecule has 1 saturated carbocycles. The van der Waals surface area contributed by atoms with Crippen molar-refractivity contribution < 1.29 is 4.79 Å². The summed E-state index contributed by atoms with van der Waals surface area (Å²) in [7, 11) is 0. The maximum absolute atomic E-state index is 12.1. The van der Waals surface area contributed by atoms with Crippen molar-refractivity contribution in [2.45, 2.75) is 44.9 Å². The molecular formula is C10H16N4O. The van der Waals surface area contributed by atoms with Gasteiger partial charge in [-0.05, 0) is 12.8 Å². The lowest BCUT2D eigenvalue weighted by Gasteiger charge is -2.35. The van der Waals surface area contributed by atoms with Crippen molar-refractivity contribution in [1.29, 1.82) is 0 Å². The fraction of sp³-hybridized carbons (Fsp3) is 0.800. The van der Waals surface area contributed by atoms with Gasteiger partial charge in [0.25, 0.3) is 0 Å². The van der Waals surface area contributed by atoms with Crippen molar-refractivity contribution in [3.8, 4) is 0 Å². The third-order valence-electron chi connectivity index (χ3n) is 3.54. The maximum atomic E-state index is 12.1. The summed E-state index contributed by atoms with van der Waals surface area (Å²) in [6, 6.07) is 0.359. The second-order valence-corrected chi connectivity index (χ2v) is 4.44. The molecule has 0 aromatic rings. The fourth-order valence-corrected chi connectivity index (χ4v) is 2.72. The molecule has 0 bridgehead atoms. The van der Waals surface area contributed by atoms with Crippen LogP contribution in [0.25, 0.3) is 0 Å². The number of hydrogen-bond donors (Lipinski definition) is 2. The highest BCUT2D eigenvalue weighted by atomic mass is 16.2. The molecule has 0 aromatic heterocycles. The Kier molecular flexibility index (Phi) is 1.95. The third-order valence-corrected chi connectivity index (χ3v) is 3.54. The molecule has 5 nitrogen and oxygen atoms in total. The average molecular weight is 208 g/mol. The Bertz CT molecular complexity index is 327. The molecule has 82 valence electrons. The topological polar surface area (TPSA) is 56.7 Å². The number of hydrazone groups is 1. The number of nitrogens with one attached hydrogen (secondary N) is 2. The largest absolute Gasteiger partial charge is 0.338 e. The van der Waals surface area contributed by atoms with Crippen LogP contribution in [0.15, 0.2) is 5.10 Å². The summed E-state index contributed by atoms with van der Waals surface area (Å²) in [5.74, 6) is 1.25. The first-order valence-electron chi connectivity index (χ1n) is 5.72. The smallest absolute Gasteiger partial charge is 0.250 e. The number of hydrogen-bond acceptors (Lipinski definition) is 4. The van der Waals surface area contributed by atoms with E-state index in [1.807, 2.05) is 6.92 Å². The fourth-order valence-electron chi connectivity index (χ4n) is 2.72. The van der Waals surface area contributed by atoms with Gasteiger partial charge in [0, 0.05) is 12.5 Å². The molecule has 1 saturated heterocycles. The van der Waals surface area contributed by atoms with Gasteiger partial charge in [0.05, 0.1) is 5.92 Å². The SMILES string of the molecule is CCC1=NN2C(=O)C3CCCC3NC2N1. The third kappa shape index (κ3) is 1.26. The van der Waals surface area contributed by atoms with Gasteiger partial charge < -0.3 is 5.32 Å². The van der Waals surface area contributed by atoms with Gasteiger partial charge in [0.2, 0.25) is 5.91 Å². The first-order valence-corrected chi connectivity index (χ1v) is 5.72. The van der Waals surface area contributed by atoms with E-state index in [1.54, 1.807) is 5.01 Å². The first-order chi connectivity index (χ1) is 7.29. The van der Waals surface area contributed by atoms with Crippen LogP contribution >= 0.6 is 0 Å². The zero-order chi connectivity index (χ0) is 10.4. The molecule has 3 aliphatic rings. The number of carbonyl (C=O) groups is 1. The van der Waals surface area contributed by atoms with E-state index in [9.17, 15) is 4.79 Å². The van der Waals surface area contributed by atoms with Crippen molar-refractivity contribution in [2.75, 3.05) is 0 Å². The molecular weight excluding hydrogens is 192 g/mol. The molecule has 0 spiro atoms. The van der Waals surface area contributed by atoms with Crippen molar-refractivity contribution in [3.05, 3.63) is 0 Å². The Labute approximate surface area is 88.9 Å². The molecule has 2 N–H and O–H groups in total. The lowest BCUT2D eigenvalue weighted by atomic mass is 10.0. The van der Waals surface area contributed by atoms with Crippen LogP contribution in [0.1, 0.15) is 32.6 Å². The van der Waals surface area contributed by atoms with Crippen LogP contribution in [-0.2, 0) is 4.79 Å². The van der Waals surface area contributed by atoms with E-state index in [1.165, 1.54) is 0 Å². The number of amidine groups is 1. The standard InChI is InChI=1S/C10H16N4O/c1-2-8-12-10-11-7-5-3-4-6(7)9(15)14(10)13-8/h6-7,10-11H,2-5H2,1H3,(H,12,13). The molecule has 1 aliphatic carbocycles. The Morgan fingerprint density at radius 3 is 3.20 bits per heavy atom. The van der Waals surface area contributed by atoms with Crippen molar-refractivity contribution in [1.82, 2.24) is 15.6 Å². The minimum atomic E-state index is -0.0909. The highest BCUT2D eigenvalue weighted by Crippen LogP contribution is 2.32. The van der Waals surface area contributed by atoms with Crippen LogP contribution in [0, 0.1) is 5.92 Å². The lowest BCUT2D eigenvalue weighted by molar-refractivity contribution is -0.143. The summed E-state index contributed by atoms with van der Waals surface area (Å²) in [5, 5.41) is 12.6. The summed E-state index contributed by atoms with van der Waals surface area (Å²) in [6.07, 6.45) is 4.03. The van der Waals surface area contributed by atoms with Crippen molar-refractivity contribution >= 4 is 11.7 Å². The van der Waals surface area contributed by atoms with E-state index in [0.717, 1.165) is 31.5 Å². The van der Waals surface area contributed by atoms with Crippen LogP contribution in [0.3, 0.4) is 0 Å². The Hall–Kier alpha value is -1.10. The van der Waals surface area contributed by atoms with Crippen LogP contribution in [0.2, 0.25) is 0 Å². The lowest BCUT2D eigenvalue weighted by Crippen LogP contribution is -2.62. The van der Waals surface area contributed by atoms with E-state index in [2.05, 4.69) is 15.7 Å². The zero-order valence-electron chi connectivity index (χ0n) is 8.86. The molecule has 3 atom stereocenters. The Balaban J connectivity index is 1.84. The van der Waals surface area contributed by atoms with Crippen LogP contribution < -0.4 is 10.6 Å². The molecule has 3 rings (SSSR count). The molecule has 2 fully saturated rings. The minimum Gasteiger partial charge on any atom is -0.338 e. The van der Waals surface area contributed by atoms with Gasteiger partial charge in [-0.3, -0.25) is 10.1 Å². The minimum absolute atomic E-state index is 0.0909. The monoisotopic (exact) mass is 208 g/mol. The van der Waals surface area contributed by atoms with Crippen molar-refractivity contribution in [2.24, 2.45) is 11.0 Å². The van der Waals surface area contributed by atoms with Gasteiger partial charge in [-0.2, -0.15) is 10.1 Å². The molecule has 15 heavy (non-hydrogen) atoms. The highest BCUT2D eigenvalue weighted by molar-refractivity contribution is 5.89. The molecule has 1 amide bonds. The maximum Gasteiger partial charge on any atom is 0.250 e. The normalized spacial score (nSPS) is 38.5. The average Bonchev–Trinajstić information content (AvgIpc) is 2.83. The quantitative estimate of drug-likeness (QED) is 0.647. The van der Waals surface area contributed by atoms with Crippen LogP contribution in [0.4, 0.5) is 0 Å². The first kappa shape index (κ1) is 9.15. The molecule has 0 radical (unpaired) electrons. The molecule has 2 aliphatic heterocycles. The van der Waals surface area contributed by atoms with Gasteiger partial charge >= 0.3 is 0 Å². The summed E-state index contributed by atoms with van der Waals surface area (Å²) >= 11 is 0. The van der Waals surface area contributed by atoms with Gasteiger partial charge in [0.1, 0.15) is 5.84 Å². The number of fused-ring (bicyclic) bond motifs is 2. The zero-order valence-corrected chi connectivity index (χ0v) is 8.86. The molecule has 2 heterocycles. The Morgan fingerprint density at radius 2 is 2.40 bits per heavy atom. The number of rotatable bonds is 1. The van der Waals surface area contributed by atoms with Crippen molar-refractivity contribution in [3.63, 3.8) is 0 Å². The van der Waals surface area contributed by atoms with E-state index in [0.29, 0.717) is 6.04 Å². The summed E-state index contributed by atoms with van der Waals surface area (Å²) < 4.78 is 0. The van der Waals surface area contributed by atoms with Gasteiger partial charge in [-0.25, -0.2) is 0 Å². The summed E-state index contributed by atoms with van der Waals surface area (Å²) in [6.45, 7) is 2.04. The van der Waals surface area contributed by atoms with E-state index >= 15 is 0 Å². The number of nitrogens with zero attached hydrogens (tertiary/aromatic N) is 2. The second-order valence-electron chi connectivity index (χ2n) is 4.44. The van der Waals surface area contributed by atoms with Crippen LogP contribution in [-0.4, -0.2) is 29.1 Å². The summed E-state index contributed by atoms with van der Waals surface area (Å²) in [4.78, 5) is 12.1. The predicted octanol–water partition coefficient (Wildman–Crippen LogP) is 0.197. The van der Waals surface area contributed by atoms with Gasteiger partial charge in [-0.1, -0.05) is 13.3 Å². The van der Waals surface area contributed by atoms with E-state index in [4.69, 9.17) is 0 Å². The predicted molar refractivity (Wildman–Crippen MR) is 55.8 cm³/mol. The molecule has 5 heteroatoms. The number of amides is 1. The van der Waals surface area contributed by atoms with E-state index < -0.39 is 0 Å². The van der Waals surface area contributed by atoms with Crippen LogP contribution in [0.5, 0.6) is 0 Å². The summed E-state index contributed by atoms with van der Waals surface area (Å²) in [5.41, 5.74) is 0. The number of carbonyl (C=O) groups excluding carboxylic acids is 1. The van der Waals surface area contributed by atoms with Gasteiger partial charge in [-0.15, -0.1) is 0 Å². The Morgan fingerprint density at radius 1 is 1.53 bits per heavy atom. The highest BCUT2D eigenvalue weighted by Gasteiger charge is 2.46. The second kappa shape index (κ2) is 3.20. The van der Waals surface area contributed by atoms with Gasteiger partial charge in [0.15, 0.2) is 6.29 Å². The molecule has 0 aromatic carbocycles. The molecule has 3 unspecified atom stereocenters.